The van der Waals surface area contributed by atoms with Gasteiger partial charge in [-0.2, -0.15) is 0 Å². The Kier molecular flexibility index (Phi) is 6.22. The lowest BCUT2D eigenvalue weighted by Gasteiger charge is -2.51. The van der Waals surface area contributed by atoms with Gasteiger partial charge in [0.15, 0.2) is 0 Å². The molecule has 0 amide bonds. The topological polar surface area (TPSA) is 71.1 Å². The zero-order chi connectivity index (χ0) is 19.6. The van der Waals surface area contributed by atoms with Crippen molar-refractivity contribution in [2.45, 2.75) is 23.8 Å². The molecule has 0 radical (unpaired) electrons. The standard InChI is InChI=1S/C20H31N3O4S/c1-26-19-2-4-20(5-3-19)28(24,25)21-13-18-12-16-6-7-23(18)15-17(16)14-22-8-10-27-11-9-22/h2-5,16-18,21H,6-15H2,1H3/t16-,17-,18+/m0/s1. The number of morpholine rings is 1. The van der Waals surface area contributed by atoms with E-state index in [0.717, 1.165) is 52.4 Å². The first-order valence-electron chi connectivity index (χ1n) is 10.2. The molecule has 5 rings (SSSR count). The van der Waals surface area contributed by atoms with E-state index in [0.29, 0.717) is 30.2 Å². The Morgan fingerprint density at radius 2 is 1.93 bits per heavy atom. The first-order valence-corrected chi connectivity index (χ1v) is 11.7. The zero-order valence-corrected chi connectivity index (χ0v) is 17.4. The second kappa shape index (κ2) is 8.67. The maximum atomic E-state index is 12.6. The van der Waals surface area contributed by atoms with Gasteiger partial charge in [0, 0.05) is 38.8 Å². The molecule has 1 N–H and O–H groups in total. The van der Waals surface area contributed by atoms with Crippen LogP contribution in [0, 0.1) is 11.8 Å². The summed E-state index contributed by atoms with van der Waals surface area (Å²) >= 11 is 0. The van der Waals surface area contributed by atoms with Crippen LogP contribution < -0.4 is 9.46 Å². The van der Waals surface area contributed by atoms with Crippen molar-refractivity contribution in [1.82, 2.24) is 14.5 Å². The quantitative estimate of drug-likeness (QED) is 0.725. The van der Waals surface area contributed by atoms with Crippen LogP contribution in [0.2, 0.25) is 0 Å². The van der Waals surface area contributed by atoms with Gasteiger partial charge in [-0.15, -0.1) is 0 Å². The fourth-order valence-electron chi connectivity index (χ4n) is 4.83. The lowest BCUT2D eigenvalue weighted by atomic mass is 9.75. The number of hydrogen-bond acceptors (Lipinski definition) is 6. The lowest BCUT2D eigenvalue weighted by Crippen LogP contribution is -2.58. The predicted octanol–water partition coefficient (Wildman–Crippen LogP) is 1.02. The third-order valence-electron chi connectivity index (χ3n) is 6.49. The third kappa shape index (κ3) is 4.52. The van der Waals surface area contributed by atoms with Crippen molar-refractivity contribution in [2.24, 2.45) is 11.8 Å². The van der Waals surface area contributed by atoms with Gasteiger partial charge in [0.2, 0.25) is 10.0 Å². The SMILES string of the molecule is COc1ccc(S(=O)(=O)NC[C@H]2C[C@@H]3CCN2C[C@@H]3CN2CCOCC2)cc1. The van der Waals surface area contributed by atoms with Crippen LogP contribution in [0.15, 0.2) is 29.2 Å². The Labute approximate surface area is 168 Å². The molecule has 4 saturated heterocycles. The summed E-state index contributed by atoms with van der Waals surface area (Å²) in [5, 5.41) is 0. The van der Waals surface area contributed by atoms with Crippen molar-refractivity contribution in [3.05, 3.63) is 24.3 Å². The highest BCUT2D eigenvalue weighted by molar-refractivity contribution is 7.89. The summed E-state index contributed by atoms with van der Waals surface area (Å²) in [6.45, 7) is 7.55. The molecule has 1 aromatic carbocycles. The molecule has 7 nitrogen and oxygen atoms in total. The van der Waals surface area contributed by atoms with Gasteiger partial charge in [-0.3, -0.25) is 9.80 Å². The van der Waals surface area contributed by atoms with Crippen LogP contribution in [0.3, 0.4) is 0 Å². The van der Waals surface area contributed by atoms with Crippen LogP contribution in [-0.2, 0) is 14.8 Å². The summed E-state index contributed by atoms with van der Waals surface area (Å²) in [7, 11) is -1.92. The zero-order valence-electron chi connectivity index (χ0n) is 16.5. The molecule has 1 aromatic rings. The molecule has 0 aliphatic carbocycles. The number of benzene rings is 1. The molecular weight excluding hydrogens is 378 g/mol. The number of fused-ring (bicyclic) bond motifs is 3. The van der Waals surface area contributed by atoms with Gasteiger partial charge < -0.3 is 9.47 Å². The summed E-state index contributed by atoms with van der Waals surface area (Å²) in [6, 6.07) is 6.83. The molecule has 0 saturated carbocycles. The largest absolute Gasteiger partial charge is 0.497 e. The molecule has 1 unspecified atom stereocenters. The Morgan fingerprint density at radius 1 is 1.18 bits per heavy atom. The van der Waals surface area contributed by atoms with Crippen LogP contribution in [-0.4, -0.2) is 83.9 Å². The first-order chi connectivity index (χ1) is 13.5. The molecule has 4 aliphatic rings. The van der Waals surface area contributed by atoms with Crippen molar-refractivity contribution < 1.29 is 17.9 Å². The highest BCUT2D eigenvalue weighted by Crippen LogP contribution is 2.36. The van der Waals surface area contributed by atoms with Gasteiger partial charge >= 0.3 is 0 Å². The van der Waals surface area contributed by atoms with Gasteiger partial charge in [-0.1, -0.05) is 0 Å². The van der Waals surface area contributed by atoms with Gasteiger partial charge in [0.1, 0.15) is 5.75 Å². The third-order valence-corrected chi connectivity index (χ3v) is 7.93. The number of nitrogens with zero attached hydrogens (tertiary/aromatic N) is 2. The number of hydrogen-bond donors (Lipinski definition) is 1. The number of piperidine rings is 3. The van der Waals surface area contributed by atoms with Crippen molar-refractivity contribution in [2.75, 3.05) is 59.6 Å². The van der Waals surface area contributed by atoms with Crippen LogP contribution in [0.4, 0.5) is 0 Å². The van der Waals surface area contributed by atoms with Crippen LogP contribution in [0.5, 0.6) is 5.75 Å². The van der Waals surface area contributed by atoms with E-state index in [9.17, 15) is 8.42 Å². The molecule has 4 heterocycles. The number of nitrogens with one attached hydrogen (secondary N) is 1. The van der Waals surface area contributed by atoms with Crippen LogP contribution >= 0.6 is 0 Å². The highest BCUT2D eigenvalue weighted by Gasteiger charge is 2.40. The fraction of sp³-hybridized carbons (Fsp3) is 0.700. The van der Waals surface area contributed by atoms with Crippen molar-refractivity contribution in [1.29, 1.82) is 0 Å². The average Bonchev–Trinajstić information content (AvgIpc) is 2.74. The highest BCUT2D eigenvalue weighted by atomic mass is 32.2. The van der Waals surface area contributed by atoms with E-state index in [1.54, 1.807) is 31.4 Å². The van der Waals surface area contributed by atoms with Crippen LogP contribution in [0.25, 0.3) is 0 Å². The summed E-state index contributed by atoms with van der Waals surface area (Å²) in [4.78, 5) is 5.30. The number of ether oxygens (including phenoxy) is 2. The molecule has 2 bridgehead atoms. The summed E-state index contributed by atoms with van der Waals surface area (Å²) < 4.78 is 38.6. The minimum absolute atomic E-state index is 0.287. The minimum Gasteiger partial charge on any atom is -0.497 e. The van der Waals surface area contributed by atoms with E-state index in [1.165, 1.54) is 6.42 Å². The van der Waals surface area contributed by atoms with E-state index < -0.39 is 10.0 Å². The number of methoxy groups -OCH3 is 1. The summed E-state index contributed by atoms with van der Waals surface area (Å²) in [5.74, 6) is 2.05. The van der Waals surface area contributed by atoms with Crippen molar-refractivity contribution >= 4 is 10.0 Å². The van der Waals surface area contributed by atoms with E-state index in [1.807, 2.05) is 0 Å². The molecule has 156 valence electrons. The van der Waals surface area contributed by atoms with Gasteiger partial charge in [-0.25, -0.2) is 13.1 Å². The Hall–Kier alpha value is -1.19. The van der Waals surface area contributed by atoms with Gasteiger partial charge in [-0.05, 0) is 55.5 Å². The number of rotatable bonds is 7. The molecular formula is C20H31N3O4S. The van der Waals surface area contributed by atoms with Crippen molar-refractivity contribution in [3.63, 3.8) is 0 Å². The van der Waals surface area contributed by atoms with Gasteiger partial charge in [0.05, 0.1) is 25.2 Å². The molecule has 4 atom stereocenters. The van der Waals surface area contributed by atoms with E-state index in [-0.39, 0.29) is 4.90 Å². The molecule has 8 heteroatoms. The summed E-state index contributed by atoms with van der Waals surface area (Å²) in [6.07, 6.45) is 2.32. The van der Waals surface area contributed by atoms with Gasteiger partial charge in [0.25, 0.3) is 0 Å². The Bertz CT molecular complexity index is 749. The molecule has 0 aromatic heterocycles. The normalized spacial score (nSPS) is 31.0. The molecule has 4 aliphatic heterocycles. The maximum Gasteiger partial charge on any atom is 0.240 e. The Morgan fingerprint density at radius 3 is 2.57 bits per heavy atom. The molecule has 28 heavy (non-hydrogen) atoms. The predicted molar refractivity (Wildman–Crippen MR) is 107 cm³/mol. The average molecular weight is 410 g/mol. The van der Waals surface area contributed by atoms with Crippen LogP contribution in [0.1, 0.15) is 12.8 Å². The Balaban J connectivity index is 1.31. The smallest absolute Gasteiger partial charge is 0.240 e. The van der Waals surface area contributed by atoms with Crippen molar-refractivity contribution in [3.8, 4) is 5.75 Å². The van der Waals surface area contributed by atoms with E-state index >= 15 is 0 Å². The first kappa shape index (κ1) is 20.1. The second-order valence-electron chi connectivity index (χ2n) is 8.13. The fourth-order valence-corrected chi connectivity index (χ4v) is 5.90. The molecule has 4 fully saturated rings. The molecule has 0 spiro atoms. The maximum absolute atomic E-state index is 12.6. The lowest BCUT2D eigenvalue weighted by molar-refractivity contribution is -0.0285. The minimum atomic E-state index is -3.49. The summed E-state index contributed by atoms with van der Waals surface area (Å²) in [5.41, 5.74) is 0. The monoisotopic (exact) mass is 409 g/mol. The van der Waals surface area contributed by atoms with E-state index in [4.69, 9.17) is 9.47 Å². The van der Waals surface area contributed by atoms with E-state index in [2.05, 4.69) is 14.5 Å². The second-order valence-corrected chi connectivity index (χ2v) is 9.90. The number of sulfonamides is 1.